The molecule has 1 aromatic heterocycles. The molecule has 5 rings (SSSR count). The van der Waals surface area contributed by atoms with Gasteiger partial charge in [0.1, 0.15) is 0 Å². The fraction of sp³-hybridized carbons (Fsp3) is 0.346. The molecule has 2 aliphatic rings. The molecule has 0 atom stereocenters. The first-order valence-electron chi connectivity index (χ1n) is 11.6. The fourth-order valence-corrected chi connectivity index (χ4v) is 5.10. The van der Waals surface area contributed by atoms with Gasteiger partial charge in [-0.1, -0.05) is 18.2 Å². The van der Waals surface area contributed by atoms with Crippen LogP contribution >= 0.6 is 0 Å². The maximum atomic E-state index is 13.2. The molecule has 3 heterocycles. The van der Waals surface area contributed by atoms with Gasteiger partial charge in [-0.15, -0.1) is 0 Å². The zero-order valence-corrected chi connectivity index (χ0v) is 19.0. The van der Waals surface area contributed by atoms with Crippen LogP contribution in [0.25, 0.3) is 10.9 Å². The molecule has 2 fully saturated rings. The van der Waals surface area contributed by atoms with Crippen LogP contribution < -0.4 is 5.32 Å². The van der Waals surface area contributed by atoms with Gasteiger partial charge in [0.05, 0.1) is 16.6 Å². The lowest BCUT2D eigenvalue weighted by atomic mass is 9.77. The third kappa shape index (κ3) is 4.67. The van der Waals surface area contributed by atoms with Crippen LogP contribution in [0.1, 0.15) is 35.2 Å². The number of rotatable bonds is 2. The summed E-state index contributed by atoms with van der Waals surface area (Å²) >= 11 is 0. The van der Waals surface area contributed by atoms with Gasteiger partial charge in [-0.3, -0.25) is 9.78 Å². The predicted octanol–water partition coefficient (Wildman–Crippen LogP) is 5.41. The van der Waals surface area contributed by atoms with Gasteiger partial charge in [-0.05, 0) is 61.1 Å². The highest BCUT2D eigenvalue weighted by Crippen LogP contribution is 2.41. The van der Waals surface area contributed by atoms with Crippen molar-refractivity contribution in [1.82, 2.24) is 14.8 Å². The molecule has 0 unspecified atom stereocenters. The molecule has 1 spiro atoms. The molecule has 1 N–H and O–H groups in total. The Hall–Kier alpha value is -3.62. The Balaban J connectivity index is 1.19. The molecule has 3 aromatic rings. The molecular weight excluding hydrogens is 457 g/mol. The molecule has 0 aliphatic carbocycles. The van der Waals surface area contributed by atoms with Crippen molar-refractivity contribution >= 4 is 28.5 Å². The van der Waals surface area contributed by atoms with Crippen LogP contribution in [0, 0.1) is 5.41 Å². The number of nitrogens with zero attached hydrogens (tertiary/aromatic N) is 3. The number of pyridine rings is 1. The number of fused-ring (bicyclic) bond motifs is 1. The zero-order valence-electron chi connectivity index (χ0n) is 19.0. The maximum Gasteiger partial charge on any atom is 0.416 e. The first-order valence-corrected chi connectivity index (χ1v) is 11.6. The summed E-state index contributed by atoms with van der Waals surface area (Å²) in [7, 11) is 0. The lowest BCUT2D eigenvalue weighted by Crippen LogP contribution is -2.45. The summed E-state index contributed by atoms with van der Waals surface area (Å²) in [4.78, 5) is 33.9. The lowest BCUT2D eigenvalue weighted by molar-refractivity contribution is -0.137. The average Bonchev–Trinajstić information content (AvgIpc) is 3.27. The van der Waals surface area contributed by atoms with E-state index in [1.165, 1.54) is 12.1 Å². The largest absolute Gasteiger partial charge is 0.416 e. The number of para-hydroxylation sites is 1. The summed E-state index contributed by atoms with van der Waals surface area (Å²) in [5.41, 5.74) is 0.965. The number of benzene rings is 2. The smallest absolute Gasteiger partial charge is 0.339 e. The highest BCUT2D eigenvalue weighted by atomic mass is 19.4. The molecule has 0 radical (unpaired) electrons. The van der Waals surface area contributed by atoms with E-state index < -0.39 is 11.7 Å². The molecule has 9 heteroatoms. The van der Waals surface area contributed by atoms with Crippen molar-refractivity contribution < 1.29 is 22.8 Å². The average molecular weight is 483 g/mol. The van der Waals surface area contributed by atoms with Gasteiger partial charge < -0.3 is 15.1 Å². The summed E-state index contributed by atoms with van der Waals surface area (Å²) in [5.74, 6) is -0.00616. The first kappa shape index (κ1) is 23.1. The van der Waals surface area contributed by atoms with E-state index in [4.69, 9.17) is 0 Å². The Morgan fingerprint density at radius 1 is 0.886 bits per heavy atom. The molecule has 2 aromatic carbocycles. The molecule has 0 bridgehead atoms. The molecule has 35 heavy (non-hydrogen) atoms. The minimum atomic E-state index is -4.41. The summed E-state index contributed by atoms with van der Waals surface area (Å²) in [6.45, 7) is 2.38. The molecule has 2 aliphatic heterocycles. The molecule has 6 nitrogen and oxygen atoms in total. The van der Waals surface area contributed by atoms with Gasteiger partial charge in [-0.2, -0.15) is 13.2 Å². The van der Waals surface area contributed by atoms with Gasteiger partial charge >= 0.3 is 12.2 Å². The predicted molar refractivity (Wildman–Crippen MR) is 126 cm³/mol. The van der Waals surface area contributed by atoms with E-state index >= 15 is 0 Å². The van der Waals surface area contributed by atoms with Crippen molar-refractivity contribution in [2.24, 2.45) is 5.41 Å². The SMILES string of the molecule is O=C(Nc1ccc(C(F)(F)F)cc1)N1CCC2(CCN(C(=O)c3ccnc4ccccc34)CC2)C1. The van der Waals surface area contributed by atoms with Gasteiger partial charge in [0.25, 0.3) is 5.91 Å². The molecule has 0 saturated carbocycles. The standard InChI is InChI=1S/C26H25F3N4O2/c27-26(28,29)18-5-7-19(8-6-18)31-24(35)33-16-12-25(17-33)10-14-32(15-11-25)23(34)21-9-13-30-22-4-2-1-3-20(21)22/h1-9,13H,10-12,14-17H2,(H,31,35). The summed E-state index contributed by atoms with van der Waals surface area (Å²) in [5, 5.41) is 3.54. The quantitative estimate of drug-likeness (QED) is 0.531. The minimum Gasteiger partial charge on any atom is -0.339 e. The number of urea groups is 1. The van der Waals surface area contributed by atoms with Crippen LogP contribution in [0.3, 0.4) is 0 Å². The Labute approximate surface area is 200 Å². The van der Waals surface area contributed by atoms with Gasteiger partial charge in [-0.25, -0.2) is 4.79 Å². The van der Waals surface area contributed by atoms with Crippen LogP contribution in [0.2, 0.25) is 0 Å². The third-order valence-corrected chi connectivity index (χ3v) is 7.18. The van der Waals surface area contributed by atoms with Crippen molar-refractivity contribution in [2.75, 3.05) is 31.5 Å². The summed E-state index contributed by atoms with van der Waals surface area (Å²) < 4.78 is 38.3. The van der Waals surface area contributed by atoms with Crippen LogP contribution in [-0.2, 0) is 6.18 Å². The van der Waals surface area contributed by atoms with Crippen molar-refractivity contribution in [3.8, 4) is 0 Å². The second-order valence-corrected chi connectivity index (χ2v) is 9.34. The van der Waals surface area contributed by atoms with Gasteiger partial charge in [0.2, 0.25) is 0 Å². The van der Waals surface area contributed by atoms with Crippen LogP contribution in [0.4, 0.5) is 23.7 Å². The van der Waals surface area contributed by atoms with Crippen molar-refractivity contribution in [1.29, 1.82) is 0 Å². The number of carbonyl (C=O) groups excluding carboxylic acids is 2. The normalized spacial score (nSPS) is 17.7. The minimum absolute atomic E-state index is 0.00616. The number of likely N-dealkylation sites (tertiary alicyclic amines) is 2. The van der Waals surface area contributed by atoms with E-state index in [-0.39, 0.29) is 17.4 Å². The van der Waals surface area contributed by atoms with E-state index in [1.54, 1.807) is 17.2 Å². The second kappa shape index (κ2) is 8.87. The van der Waals surface area contributed by atoms with Crippen LogP contribution in [0.5, 0.6) is 0 Å². The Morgan fingerprint density at radius 2 is 1.54 bits per heavy atom. The number of piperidine rings is 1. The molecular formula is C26H25F3N4O2. The number of alkyl halides is 3. The van der Waals surface area contributed by atoms with Crippen molar-refractivity contribution in [3.63, 3.8) is 0 Å². The summed E-state index contributed by atoms with van der Waals surface area (Å²) in [6.07, 6.45) is -0.318. The van der Waals surface area contributed by atoms with Crippen LogP contribution in [-0.4, -0.2) is 52.9 Å². The first-order chi connectivity index (χ1) is 16.7. The number of carbonyl (C=O) groups is 2. The Kier molecular flexibility index (Phi) is 5.86. The van der Waals surface area contributed by atoms with E-state index in [0.29, 0.717) is 37.4 Å². The van der Waals surface area contributed by atoms with Crippen molar-refractivity contribution in [2.45, 2.75) is 25.4 Å². The third-order valence-electron chi connectivity index (χ3n) is 7.18. The Bertz CT molecular complexity index is 1250. The molecule has 3 amide bonds. The number of hydrogen-bond donors (Lipinski definition) is 1. The lowest BCUT2D eigenvalue weighted by Gasteiger charge is -2.39. The molecule has 2 saturated heterocycles. The van der Waals surface area contributed by atoms with E-state index in [1.807, 2.05) is 29.2 Å². The topological polar surface area (TPSA) is 65.5 Å². The van der Waals surface area contributed by atoms with E-state index in [9.17, 15) is 22.8 Å². The second-order valence-electron chi connectivity index (χ2n) is 9.34. The maximum absolute atomic E-state index is 13.2. The number of nitrogens with one attached hydrogen (secondary N) is 1. The number of halogens is 3. The highest BCUT2D eigenvalue weighted by Gasteiger charge is 2.43. The van der Waals surface area contributed by atoms with Gasteiger partial charge in [0, 0.05) is 43.4 Å². The van der Waals surface area contributed by atoms with Crippen molar-refractivity contribution in [3.05, 3.63) is 71.9 Å². The van der Waals surface area contributed by atoms with Crippen LogP contribution in [0.15, 0.2) is 60.8 Å². The summed E-state index contributed by atoms with van der Waals surface area (Å²) in [6, 6.07) is 13.5. The zero-order chi connectivity index (χ0) is 24.6. The monoisotopic (exact) mass is 482 g/mol. The number of amides is 3. The van der Waals surface area contributed by atoms with E-state index in [0.717, 1.165) is 42.3 Å². The number of hydrogen-bond acceptors (Lipinski definition) is 3. The highest BCUT2D eigenvalue weighted by molar-refractivity contribution is 6.06. The number of aromatic nitrogens is 1. The molecule has 182 valence electrons. The van der Waals surface area contributed by atoms with Gasteiger partial charge in [0.15, 0.2) is 0 Å². The van der Waals surface area contributed by atoms with E-state index in [2.05, 4.69) is 10.3 Å². The fourth-order valence-electron chi connectivity index (χ4n) is 5.10. The number of anilines is 1. The Morgan fingerprint density at radius 3 is 2.23 bits per heavy atom.